The van der Waals surface area contributed by atoms with Gasteiger partial charge in [0.15, 0.2) is 0 Å². The lowest BCUT2D eigenvalue weighted by atomic mass is 9.73. The normalized spacial score (nSPS) is 19.7. The molecule has 0 saturated carbocycles. The molecule has 2 fully saturated rings. The third-order valence-corrected chi connectivity index (χ3v) is 6.05. The number of hydrogen-bond acceptors (Lipinski definition) is 3. The number of carbonyl (C=O) groups is 2. The van der Waals surface area contributed by atoms with E-state index in [4.69, 9.17) is 4.74 Å². The number of likely N-dealkylation sites (tertiary alicyclic amines) is 1. The Morgan fingerprint density at radius 2 is 1.88 bits per heavy atom. The number of piperidine rings is 1. The maximum absolute atomic E-state index is 12.5. The summed E-state index contributed by atoms with van der Waals surface area (Å²) >= 11 is 0. The predicted octanol–water partition coefficient (Wildman–Crippen LogP) is 2.93. The van der Waals surface area contributed by atoms with Gasteiger partial charge in [0.05, 0.1) is 7.11 Å². The molecule has 2 aliphatic heterocycles. The highest BCUT2D eigenvalue weighted by atomic mass is 16.5. The second-order valence-corrected chi connectivity index (χ2v) is 7.68. The Kier molecular flexibility index (Phi) is 6.17. The van der Waals surface area contributed by atoms with E-state index in [1.165, 1.54) is 5.56 Å². The number of carbonyl (C=O) groups excluding carboxylic acids is 2. The fourth-order valence-corrected chi connectivity index (χ4v) is 4.18. The lowest BCUT2D eigenvalue weighted by Gasteiger charge is -2.41. The van der Waals surface area contributed by atoms with Crippen LogP contribution >= 0.6 is 0 Å². The van der Waals surface area contributed by atoms with E-state index in [-0.39, 0.29) is 17.2 Å². The number of hydrogen-bond donors (Lipinski definition) is 1. The molecule has 1 aromatic carbocycles. The van der Waals surface area contributed by atoms with Gasteiger partial charge in [0.2, 0.25) is 11.8 Å². The molecule has 0 radical (unpaired) electrons. The van der Waals surface area contributed by atoms with Crippen molar-refractivity contribution in [2.24, 2.45) is 5.41 Å². The number of nitrogens with zero attached hydrogens (tertiary/aromatic N) is 1. The summed E-state index contributed by atoms with van der Waals surface area (Å²) in [6, 6.07) is 8.06. The molecule has 2 heterocycles. The van der Waals surface area contributed by atoms with E-state index in [0.717, 1.165) is 63.9 Å². The Morgan fingerprint density at radius 1 is 1.15 bits per heavy atom. The molecular formula is C21H30N2O3. The topological polar surface area (TPSA) is 58.6 Å². The van der Waals surface area contributed by atoms with Gasteiger partial charge in [-0.3, -0.25) is 9.59 Å². The van der Waals surface area contributed by atoms with Crippen LogP contribution in [0.3, 0.4) is 0 Å². The minimum absolute atomic E-state index is 0.180. The van der Waals surface area contributed by atoms with Crippen molar-refractivity contribution in [1.29, 1.82) is 0 Å². The summed E-state index contributed by atoms with van der Waals surface area (Å²) in [5.74, 6) is 1.32. The fourth-order valence-electron chi connectivity index (χ4n) is 4.18. The Hall–Kier alpha value is -2.04. The number of aryl methyl sites for hydroxylation is 1. The molecule has 0 aliphatic carbocycles. The van der Waals surface area contributed by atoms with E-state index in [9.17, 15) is 9.59 Å². The number of methoxy groups -OCH3 is 1. The Labute approximate surface area is 156 Å². The summed E-state index contributed by atoms with van der Waals surface area (Å²) < 4.78 is 5.17. The first-order valence-electron chi connectivity index (χ1n) is 9.78. The van der Waals surface area contributed by atoms with Crippen LogP contribution in [0.15, 0.2) is 24.3 Å². The van der Waals surface area contributed by atoms with E-state index in [1.807, 2.05) is 17.0 Å². The van der Waals surface area contributed by atoms with Gasteiger partial charge in [-0.2, -0.15) is 0 Å². The maximum atomic E-state index is 12.5. The molecular weight excluding hydrogens is 328 g/mol. The molecule has 3 rings (SSSR count). The van der Waals surface area contributed by atoms with E-state index < -0.39 is 0 Å². The van der Waals surface area contributed by atoms with E-state index >= 15 is 0 Å². The van der Waals surface area contributed by atoms with Gasteiger partial charge in [-0.15, -0.1) is 0 Å². The highest BCUT2D eigenvalue weighted by Crippen LogP contribution is 2.40. The summed E-state index contributed by atoms with van der Waals surface area (Å²) in [6.45, 7) is 2.47. The van der Waals surface area contributed by atoms with Crippen molar-refractivity contribution in [2.45, 2.75) is 51.4 Å². The minimum atomic E-state index is 0.180. The lowest BCUT2D eigenvalue weighted by molar-refractivity contribution is -0.134. The summed E-state index contributed by atoms with van der Waals surface area (Å²) in [6.07, 6.45) is 7.14. The second kappa shape index (κ2) is 8.56. The third-order valence-electron chi connectivity index (χ3n) is 6.05. The first kappa shape index (κ1) is 18.7. The van der Waals surface area contributed by atoms with Gasteiger partial charge >= 0.3 is 0 Å². The van der Waals surface area contributed by atoms with Crippen LogP contribution in [0.25, 0.3) is 0 Å². The summed E-state index contributed by atoms with van der Waals surface area (Å²) in [4.78, 5) is 26.1. The number of rotatable bonds is 5. The average molecular weight is 358 g/mol. The van der Waals surface area contributed by atoms with Crippen molar-refractivity contribution in [3.05, 3.63) is 29.8 Å². The van der Waals surface area contributed by atoms with Crippen LogP contribution in [-0.4, -0.2) is 43.5 Å². The zero-order valence-electron chi connectivity index (χ0n) is 15.8. The Morgan fingerprint density at radius 3 is 2.58 bits per heavy atom. The first-order valence-corrected chi connectivity index (χ1v) is 9.78. The van der Waals surface area contributed by atoms with E-state index in [1.54, 1.807) is 7.11 Å². The molecule has 2 aliphatic rings. The Bertz CT molecular complexity index is 619. The number of ether oxygens (including phenoxy) is 1. The number of nitrogens with one attached hydrogen (secondary N) is 1. The van der Waals surface area contributed by atoms with Crippen LogP contribution in [0.1, 0.15) is 50.5 Å². The van der Waals surface area contributed by atoms with Gasteiger partial charge in [0, 0.05) is 32.5 Å². The summed E-state index contributed by atoms with van der Waals surface area (Å²) in [7, 11) is 1.67. The van der Waals surface area contributed by atoms with Gasteiger partial charge in [0.25, 0.3) is 0 Å². The third kappa shape index (κ3) is 4.77. The monoisotopic (exact) mass is 358 g/mol. The molecule has 0 bridgehead atoms. The molecule has 1 N–H and O–H groups in total. The molecule has 5 heteroatoms. The van der Waals surface area contributed by atoms with Crippen molar-refractivity contribution in [3.8, 4) is 5.75 Å². The van der Waals surface area contributed by atoms with Crippen LogP contribution in [0, 0.1) is 5.41 Å². The SMILES string of the molecule is COc1ccc(CCCC(=O)N2CCC3(CCNC(=O)CC3)CC2)cc1. The van der Waals surface area contributed by atoms with Crippen LogP contribution in [-0.2, 0) is 16.0 Å². The van der Waals surface area contributed by atoms with Crippen LogP contribution in [0.5, 0.6) is 5.75 Å². The van der Waals surface area contributed by atoms with Crippen LogP contribution in [0.4, 0.5) is 0 Å². The van der Waals surface area contributed by atoms with Crippen LogP contribution < -0.4 is 10.1 Å². The van der Waals surface area contributed by atoms with E-state index in [2.05, 4.69) is 17.4 Å². The van der Waals surface area contributed by atoms with Gasteiger partial charge in [-0.05, 0) is 61.6 Å². The van der Waals surface area contributed by atoms with Crippen molar-refractivity contribution in [3.63, 3.8) is 0 Å². The minimum Gasteiger partial charge on any atom is -0.497 e. The standard InChI is InChI=1S/C21H30N2O3/c1-26-18-7-5-17(6-8-18)3-2-4-20(25)23-15-12-21(13-16-23)10-9-19(24)22-14-11-21/h5-8H,2-4,9-16H2,1H3,(H,22,24). The zero-order valence-corrected chi connectivity index (χ0v) is 15.8. The van der Waals surface area contributed by atoms with Gasteiger partial charge in [0.1, 0.15) is 5.75 Å². The van der Waals surface area contributed by atoms with Crippen molar-refractivity contribution in [2.75, 3.05) is 26.7 Å². The first-order chi connectivity index (χ1) is 12.6. The Balaban J connectivity index is 1.41. The molecule has 1 aromatic rings. The molecule has 5 nitrogen and oxygen atoms in total. The summed E-state index contributed by atoms with van der Waals surface area (Å²) in [5.41, 5.74) is 1.51. The molecule has 2 saturated heterocycles. The molecule has 1 spiro atoms. The molecule has 142 valence electrons. The zero-order chi connectivity index (χ0) is 18.4. The van der Waals surface area contributed by atoms with Gasteiger partial charge < -0.3 is 15.0 Å². The van der Waals surface area contributed by atoms with Crippen molar-refractivity contribution < 1.29 is 14.3 Å². The maximum Gasteiger partial charge on any atom is 0.222 e. The van der Waals surface area contributed by atoms with Gasteiger partial charge in [-0.25, -0.2) is 0 Å². The largest absolute Gasteiger partial charge is 0.497 e. The predicted molar refractivity (Wildman–Crippen MR) is 101 cm³/mol. The van der Waals surface area contributed by atoms with Gasteiger partial charge in [-0.1, -0.05) is 12.1 Å². The second-order valence-electron chi connectivity index (χ2n) is 7.68. The van der Waals surface area contributed by atoms with Crippen molar-refractivity contribution in [1.82, 2.24) is 10.2 Å². The molecule has 0 aromatic heterocycles. The molecule has 0 atom stereocenters. The lowest BCUT2D eigenvalue weighted by Crippen LogP contribution is -2.43. The molecule has 2 amide bonds. The van der Waals surface area contributed by atoms with E-state index in [0.29, 0.717) is 12.8 Å². The fraction of sp³-hybridized carbons (Fsp3) is 0.619. The highest BCUT2D eigenvalue weighted by Gasteiger charge is 2.36. The summed E-state index contributed by atoms with van der Waals surface area (Å²) in [5, 5.41) is 2.97. The van der Waals surface area contributed by atoms with Crippen molar-refractivity contribution >= 4 is 11.8 Å². The number of benzene rings is 1. The smallest absolute Gasteiger partial charge is 0.222 e. The molecule has 0 unspecified atom stereocenters. The van der Waals surface area contributed by atoms with Crippen LogP contribution in [0.2, 0.25) is 0 Å². The number of amides is 2. The quantitative estimate of drug-likeness (QED) is 0.880. The average Bonchev–Trinajstić information content (AvgIpc) is 2.85. The highest BCUT2D eigenvalue weighted by molar-refractivity contribution is 5.77. The molecule has 26 heavy (non-hydrogen) atoms.